The van der Waals surface area contributed by atoms with Crippen LogP contribution in [0.25, 0.3) is 0 Å². The molecule has 1 saturated carbocycles. The molecule has 0 aliphatic heterocycles. The van der Waals surface area contributed by atoms with E-state index in [9.17, 15) is 0 Å². The molecule has 1 aliphatic rings. The molecule has 2 rings (SSSR count). The van der Waals surface area contributed by atoms with Crippen LogP contribution < -0.4 is 11.1 Å². The molecule has 100 valence electrons. The van der Waals surface area contributed by atoms with Gasteiger partial charge in [0.2, 0.25) is 0 Å². The molecule has 2 nitrogen and oxygen atoms in total. The quantitative estimate of drug-likeness (QED) is 0.785. The fourth-order valence-electron chi connectivity index (χ4n) is 2.72. The molecule has 0 saturated heterocycles. The number of nitrogens with one attached hydrogen (secondary N) is 1. The van der Waals surface area contributed by atoms with Gasteiger partial charge in [0.1, 0.15) is 0 Å². The van der Waals surface area contributed by atoms with Crippen LogP contribution in [0.3, 0.4) is 0 Å². The van der Waals surface area contributed by atoms with Gasteiger partial charge in [0.25, 0.3) is 0 Å². The normalized spacial score (nSPS) is 23.9. The Morgan fingerprint density at radius 3 is 2.72 bits per heavy atom. The molecule has 1 aromatic carbocycles. The van der Waals surface area contributed by atoms with Gasteiger partial charge >= 0.3 is 0 Å². The lowest BCUT2D eigenvalue weighted by atomic mass is 9.81. The summed E-state index contributed by atoms with van der Waals surface area (Å²) in [4.78, 5) is 0. The Morgan fingerprint density at radius 2 is 2.00 bits per heavy atom. The Morgan fingerprint density at radius 1 is 1.28 bits per heavy atom. The van der Waals surface area contributed by atoms with E-state index in [1.165, 1.54) is 32.1 Å². The molecule has 0 heterocycles. The minimum absolute atomic E-state index is 0.631. The third kappa shape index (κ3) is 3.55. The van der Waals surface area contributed by atoms with Crippen molar-refractivity contribution < 1.29 is 0 Å². The van der Waals surface area contributed by atoms with E-state index in [1.54, 1.807) is 0 Å². The lowest BCUT2D eigenvalue weighted by Crippen LogP contribution is -2.16. The van der Waals surface area contributed by atoms with Crippen molar-refractivity contribution in [2.24, 2.45) is 11.8 Å². The van der Waals surface area contributed by atoms with Gasteiger partial charge in [-0.15, -0.1) is 0 Å². The predicted molar refractivity (Wildman–Crippen MR) is 80.1 cm³/mol. The highest BCUT2D eigenvalue weighted by molar-refractivity contribution is 6.33. The Labute approximate surface area is 115 Å². The van der Waals surface area contributed by atoms with Crippen molar-refractivity contribution in [3.05, 3.63) is 23.2 Å². The van der Waals surface area contributed by atoms with Crippen molar-refractivity contribution in [3.63, 3.8) is 0 Å². The number of nitrogens with two attached hydrogens (primary N) is 1. The van der Waals surface area contributed by atoms with Gasteiger partial charge in [-0.1, -0.05) is 50.3 Å². The molecule has 0 aromatic heterocycles. The van der Waals surface area contributed by atoms with E-state index in [4.69, 9.17) is 17.3 Å². The van der Waals surface area contributed by atoms with Crippen molar-refractivity contribution in [1.29, 1.82) is 0 Å². The number of para-hydroxylation sites is 1. The second-order valence-electron chi connectivity index (χ2n) is 5.54. The van der Waals surface area contributed by atoms with Gasteiger partial charge in [0.15, 0.2) is 0 Å². The van der Waals surface area contributed by atoms with E-state index in [2.05, 4.69) is 12.2 Å². The molecule has 3 N–H and O–H groups in total. The zero-order chi connectivity index (χ0) is 13.0. The lowest BCUT2D eigenvalue weighted by molar-refractivity contribution is 0.282. The maximum atomic E-state index is 5.99. The molecule has 0 unspecified atom stereocenters. The smallest absolute Gasteiger partial charge is 0.0739 e. The van der Waals surface area contributed by atoms with E-state index >= 15 is 0 Å². The average molecular weight is 267 g/mol. The van der Waals surface area contributed by atoms with E-state index in [0.29, 0.717) is 10.7 Å². The molecule has 1 aliphatic carbocycles. The van der Waals surface area contributed by atoms with Crippen molar-refractivity contribution in [2.75, 3.05) is 17.6 Å². The van der Waals surface area contributed by atoms with Crippen LogP contribution in [0.5, 0.6) is 0 Å². The summed E-state index contributed by atoms with van der Waals surface area (Å²) >= 11 is 5.99. The number of hydrogen-bond acceptors (Lipinski definition) is 2. The number of nitrogen functional groups attached to an aromatic ring is 1. The standard InChI is InChI=1S/C15H23ClN2/c1-11-5-7-12(8-6-11)9-10-18-14-4-2-3-13(16)15(14)17/h2-4,11-12,18H,5-10,17H2,1H3. The van der Waals surface area contributed by atoms with Gasteiger partial charge in [0.05, 0.1) is 16.4 Å². The summed E-state index contributed by atoms with van der Waals surface area (Å²) in [6.07, 6.45) is 6.79. The molecule has 1 fully saturated rings. The molecular formula is C15H23ClN2. The number of halogens is 1. The monoisotopic (exact) mass is 266 g/mol. The minimum Gasteiger partial charge on any atom is -0.396 e. The largest absolute Gasteiger partial charge is 0.396 e. The first-order chi connectivity index (χ1) is 8.66. The Bertz CT molecular complexity index is 384. The first-order valence-corrected chi connectivity index (χ1v) is 7.32. The summed E-state index contributed by atoms with van der Waals surface area (Å²) in [5.41, 5.74) is 7.55. The fourth-order valence-corrected chi connectivity index (χ4v) is 2.89. The molecular weight excluding hydrogens is 244 g/mol. The van der Waals surface area contributed by atoms with Crippen molar-refractivity contribution in [1.82, 2.24) is 0 Å². The van der Waals surface area contributed by atoms with Crippen LogP contribution in [-0.4, -0.2) is 6.54 Å². The van der Waals surface area contributed by atoms with E-state index in [1.807, 2.05) is 18.2 Å². The summed E-state index contributed by atoms with van der Waals surface area (Å²) in [5, 5.41) is 4.03. The first kappa shape index (κ1) is 13.5. The zero-order valence-electron chi connectivity index (χ0n) is 11.1. The molecule has 0 spiro atoms. The van der Waals surface area contributed by atoms with Crippen LogP contribution in [0.4, 0.5) is 11.4 Å². The Hall–Kier alpha value is -0.890. The van der Waals surface area contributed by atoms with E-state index in [0.717, 1.165) is 24.1 Å². The minimum atomic E-state index is 0.631. The first-order valence-electron chi connectivity index (χ1n) is 6.94. The lowest BCUT2D eigenvalue weighted by Gasteiger charge is -2.26. The molecule has 1 aromatic rings. The number of anilines is 2. The van der Waals surface area contributed by atoms with E-state index in [-0.39, 0.29) is 0 Å². The Balaban J connectivity index is 1.77. The Kier molecular flexibility index (Phi) is 4.76. The molecule has 18 heavy (non-hydrogen) atoms. The number of benzene rings is 1. The SMILES string of the molecule is CC1CCC(CCNc2cccc(Cl)c2N)CC1. The van der Waals surface area contributed by atoms with Crippen LogP contribution >= 0.6 is 11.6 Å². The third-order valence-electron chi connectivity index (χ3n) is 4.06. The topological polar surface area (TPSA) is 38.0 Å². The molecule has 0 radical (unpaired) electrons. The number of hydrogen-bond donors (Lipinski definition) is 2. The third-order valence-corrected chi connectivity index (χ3v) is 4.39. The van der Waals surface area contributed by atoms with Gasteiger partial charge in [-0.2, -0.15) is 0 Å². The van der Waals surface area contributed by atoms with Gasteiger partial charge in [-0.3, -0.25) is 0 Å². The molecule has 3 heteroatoms. The fraction of sp³-hybridized carbons (Fsp3) is 0.600. The highest BCUT2D eigenvalue weighted by atomic mass is 35.5. The maximum Gasteiger partial charge on any atom is 0.0739 e. The summed E-state index contributed by atoms with van der Waals surface area (Å²) in [6, 6.07) is 5.75. The summed E-state index contributed by atoms with van der Waals surface area (Å²) in [7, 11) is 0. The summed E-state index contributed by atoms with van der Waals surface area (Å²) < 4.78 is 0. The number of rotatable bonds is 4. The van der Waals surface area contributed by atoms with Gasteiger partial charge in [0, 0.05) is 6.54 Å². The highest BCUT2D eigenvalue weighted by Crippen LogP contribution is 2.31. The summed E-state index contributed by atoms with van der Waals surface area (Å²) in [6.45, 7) is 3.35. The predicted octanol–water partition coefficient (Wildman–Crippen LogP) is 4.55. The second-order valence-corrected chi connectivity index (χ2v) is 5.95. The maximum absolute atomic E-state index is 5.99. The molecule has 0 amide bonds. The van der Waals surface area contributed by atoms with Crippen LogP contribution in [0.2, 0.25) is 5.02 Å². The van der Waals surface area contributed by atoms with Crippen LogP contribution in [0.1, 0.15) is 39.0 Å². The average Bonchev–Trinajstić information content (AvgIpc) is 2.37. The van der Waals surface area contributed by atoms with Gasteiger partial charge in [-0.25, -0.2) is 0 Å². The van der Waals surface area contributed by atoms with Crippen molar-refractivity contribution in [2.45, 2.75) is 39.0 Å². The molecule has 0 atom stereocenters. The van der Waals surface area contributed by atoms with Crippen molar-refractivity contribution in [3.8, 4) is 0 Å². The van der Waals surface area contributed by atoms with Crippen LogP contribution in [0.15, 0.2) is 18.2 Å². The summed E-state index contributed by atoms with van der Waals surface area (Å²) in [5.74, 6) is 1.81. The molecule has 0 bridgehead atoms. The van der Waals surface area contributed by atoms with Crippen LogP contribution in [-0.2, 0) is 0 Å². The highest BCUT2D eigenvalue weighted by Gasteiger charge is 2.17. The second kappa shape index (κ2) is 6.33. The van der Waals surface area contributed by atoms with E-state index < -0.39 is 0 Å². The van der Waals surface area contributed by atoms with Gasteiger partial charge in [-0.05, 0) is 30.4 Å². The van der Waals surface area contributed by atoms with Crippen molar-refractivity contribution >= 4 is 23.0 Å². The zero-order valence-corrected chi connectivity index (χ0v) is 11.8. The van der Waals surface area contributed by atoms with Crippen LogP contribution in [0, 0.1) is 11.8 Å². The van der Waals surface area contributed by atoms with Gasteiger partial charge < -0.3 is 11.1 Å².